The minimum Gasteiger partial charge on any atom is -0.478 e. The van der Waals surface area contributed by atoms with Crippen LogP contribution in [0.1, 0.15) is 21.5 Å². The lowest BCUT2D eigenvalue weighted by molar-refractivity contribution is 0.0696. The highest BCUT2D eigenvalue weighted by atomic mass is 35.5. The van der Waals surface area contributed by atoms with E-state index in [1.54, 1.807) is 6.07 Å². The van der Waals surface area contributed by atoms with Crippen molar-refractivity contribution >= 4 is 17.6 Å². The molecular weight excluding hydrogens is 204 g/mol. The van der Waals surface area contributed by atoms with Crippen LogP contribution in [0, 0.1) is 11.3 Å². The lowest BCUT2D eigenvalue weighted by Gasteiger charge is -2.04. The van der Waals surface area contributed by atoms with E-state index in [1.807, 2.05) is 0 Å². The van der Waals surface area contributed by atoms with E-state index in [0.717, 1.165) is 0 Å². The van der Waals surface area contributed by atoms with Crippen LogP contribution in [0.4, 0.5) is 0 Å². The number of nitrogens with zero attached hydrogens (tertiary/aromatic N) is 1. The van der Waals surface area contributed by atoms with Crippen LogP contribution in [0.3, 0.4) is 0 Å². The molecule has 0 aliphatic heterocycles. The molecule has 3 N–H and O–H groups in total. The molecule has 0 spiro atoms. The first kappa shape index (κ1) is 10.5. The Labute approximate surface area is 85.5 Å². The van der Waals surface area contributed by atoms with Crippen molar-refractivity contribution in [3.63, 3.8) is 0 Å². The Morgan fingerprint density at radius 2 is 2.29 bits per heavy atom. The minimum atomic E-state index is -1.17. The zero-order chi connectivity index (χ0) is 10.7. The molecule has 0 aliphatic rings. The second kappa shape index (κ2) is 4.09. The molecule has 14 heavy (non-hydrogen) atoms. The normalized spacial score (nSPS) is 9.50. The zero-order valence-corrected chi connectivity index (χ0v) is 7.88. The van der Waals surface area contributed by atoms with Gasteiger partial charge in [0.05, 0.1) is 11.1 Å². The van der Waals surface area contributed by atoms with E-state index in [1.165, 1.54) is 12.1 Å². The van der Waals surface area contributed by atoms with Crippen LogP contribution in [-0.4, -0.2) is 11.1 Å². The van der Waals surface area contributed by atoms with Gasteiger partial charge in [-0.3, -0.25) is 0 Å². The Morgan fingerprint density at radius 3 is 2.71 bits per heavy atom. The van der Waals surface area contributed by atoms with Gasteiger partial charge in [-0.05, 0) is 17.7 Å². The molecule has 0 aromatic heterocycles. The fourth-order valence-corrected chi connectivity index (χ4v) is 1.28. The van der Waals surface area contributed by atoms with E-state index in [0.29, 0.717) is 5.56 Å². The van der Waals surface area contributed by atoms with E-state index in [-0.39, 0.29) is 22.7 Å². The number of carboxylic acid groups (broad SMARTS) is 1. The van der Waals surface area contributed by atoms with Crippen molar-refractivity contribution in [1.29, 1.82) is 5.26 Å². The van der Waals surface area contributed by atoms with Gasteiger partial charge in [-0.2, -0.15) is 5.26 Å². The fraction of sp³-hybridized carbons (Fsp3) is 0.111. The summed E-state index contributed by atoms with van der Waals surface area (Å²) >= 11 is 5.75. The Kier molecular flexibility index (Phi) is 3.07. The molecule has 0 fully saturated rings. The number of nitriles is 1. The minimum absolute atomic E-state index is 0.0716. The van der Waals surface area contributed by atoms with Crippen LogP contribution < -0.4 is 5.73 Å². The van der Waals surface area contributed by atoms with Gasteiger partial charge < -0.3 is 10.8 Å². The molecule has 0 heterocycles. The molecular formula is C9H7ClN2O2. The summed E-state index contributed by atoms with van der Waals surface area (Å²) in [7, 11) is 0. The SMILES string of the molecule is N#Cc1cc(CN)c(Cl)cc1C(=O)O. The molecule has 4 nitrogen and oxygen atoms in total. The largest absolute Gasteiger partial charge is 0.478 e. The third-order valence-corrected chi connectivity index (χ3v) is 2.11. The monoisotopic (exact) mass is 210 g/mol. The van der Waals surface area contributed by atoms with Crippen LogP contribution >= 0.6 is 11.6 Å². The zero-order valence-electron chi connectivity index (χ0n) is 7.12. The lowest BCUT2D eigenvalue weighted by atomic mass is 10.0. The number of aromatic carboxylic acids is 1. The third-order valence-electron chi connectivity index (χ3n) is 1.76. The van der Waals surface area contributed by atoms with Gasteiger partial charge >= 0.3 is 5.97 Å². The van der Waals surface area contributed by atoms with Crippen molar-refractivity contribution in [2.75, 3.05) is 0 Å². The molecule has 0 atom stereocenters. The van der Waals surface area contributed by atoms with Gasteiger partial charge in [0.15, 0.2) is 0 Å². The summed E-state index contributed by atoms with van der Waals surface area (Å²) in [6.45, 7) is 0.174. The molecule has 1 aromatic rings. The van der Waals surface area contributed by atoms with Gasteiger partial charge in [0.1, 0.15) is 6.07 Å². The molecule has 5 heteroatoms. The van der Waals surface area contributed by atoms with Gasteiger partial charge in [0.25, 0.3) is 0 Å². The Morgan fingerprint density at radius 1 is 1.64 bits per heavy atom. The molecule has 0 unspecified atom stereocenters. The average Bonchev–Trinajstić information content (AvgIpc) is 2.17. The van der Waals surface area contributed by atoms with E-state index < -0.39 is 5.97 Å². The third kappa shape index (κ3) is 1.84. The number of hydrogen-bond acceptors (Lipinski definition) is 3. The predicted octanol–water partition coefficient (Wildman–Crippen LogP) is 1.37. The highest BCUT2D eigenvalue weighted by molar-refractivity contribution is 6.31. The number of carboxylic acids is 1. The number of rotatable bonds is 2. The molecule has 0 radical (unpaired) electrons. The summed E-state index contributed by atoms with van der Waals surface area (Å²) in [4.78, 5) is 10.7. The summed E-state index contributed by atoms with van der Waals surface area (Å²) in [6, 6.07) is 4.42. The van der Waals surface area contributed by atoms with Gasteiger partial charge in [0.2, 0.25) is 0 Å². The lowest BCUT2D eigenvalue weighted by Crippen LogP contribution is -2.04. The standard InChI is InChI=1S/C9H7ClN2O2/c10-8-2-7(9(13)14)5(3-11)1-6(8)4-12/h1-2H,4,12H2,(H,13,14). The summed E-state index contributed by atoms with van der Waals surface area (Å²) in [5, 5.41) is 17.7. The van der Waals surface area contributed by atoms with Gasteiger partial charge in [-0.25, -0.2) is 4.79 Å². The van der Waals surface area contributed by atoms with Gasteiger partial charge in [-0.1, -0.05) is 11.6 Å². The highest BCUT2D eigenvalue weighted by Crippen LogP contribution is 2.21. The average molecular weight is 211 g/mol. The molecule has 0 aliphatic carbocycles. The summed E-state index contributed by atoms with van der Waals surface area (Å²) in [6.07, 6.45) is 0. The Balaban J connectivity index is 3.41. The van der Waals surface area contributed by atoms with Crippen molar-refractivity contribution in [3.05, 3.63) is 33.8 Å². The van der Waals surface area contributed by atoms with Crippen molar-refractivity contribution < 1.29 is 9.90 Å². The molecule has 0 bridgehead atoms. The van der Waals surface area contributed by atoms with Crippen LogP contribution in [0.5, 0.6) is 0 Å². The first-order valence-corrected chi connectivity index (χ1v) is 4.13. The highest BCUT2D eigenvalue weighted by Gasteiger charge is 2.12. The topological polar surface area (TPSA) is 87.1 Å². The van der Waals surface area contributed by atoms with Crippen molar-refractivity contribution in [1.82, 2.24) is 0 Å². The van der Waals surface area contributed by atoms with Crippen LogP contribution in [0.25, 0.3) is 0 Å². The number of nitrogens with two attached hydrogens (primary N) is 1. The van der Waals surface area contributed by atoms with E-state index >= 15 is 0 Å². The van der Waals surface area contributed by atoms with Crippen molar-refractivity contribution in [2.24, 2.45) is 5.73 Å². The van der Waals surface area contributed by atoms with E-state index in [4.69, 9.17) is 27.7 Å². The fourth-order valence-electron chi connectivity index (χ4n) is 1.04. The molecule has 1 rings (SSSR count). The predicted molar refractivity (Wildman–Crippen MR) is 51.0 cm³/mol. The Bertz CT molecular complexity index is 424. The quantitative estimate of drug-likeness (QED) is 0.772. The van der Waals surface area contributed by atoms with Crippen molar-refractivity contribution in [2.45, 2.75) is 6.54 Å². The molecule has 0 saturated heterocycles. The first-order valence-electron chi connectivity index (χ1n) is 3.76. The second-order valence-corrected chi connectivity index (χ2v) is 3.02. The Hall–Kier alpha value is -1.57. The maximum absolute atomic E-state index is 10.7. The summed E-state index contributed by atoms with van der Waals surface area (Å²) in [5.74, 6) is -1.17. The maximum atomic E-state index is 10.7. The molecule has 0 amide bonds. The van der Waals surface area contributed by atoms with Gasteiger partial charge in [0, 0.05) is 11.6 Å². The van der Waals surface area contributed by atoms with E-state index in [2.05, 4.69) is 0 Å². The van der Waals surface area contributed by atoms with Crippen LogP contribution in [-0.2, 0) is 6.54 Å². The van der Waals surface area contributed by atoms with Gasteiger partial charge in [-0.15, -0.1) is 0 Å². The van der Waals surface area contributed by atoms with Crippen LogP contribution in [0.15, 0.2) is 12.1 Å². The molecule has 0 saturated carbocycles. The van der Waals surface area contributed by atoms with E-state index in [9.17, 15) is 4.79 Å². The summed E-state index contributed by atoms with van der Waals surface area (Å²) < 4.78 is 0. The number of benzene rings is 1. The summed E-state index contributed by atoms with van der Waals surface area (Å²) in [5.41, 5.74) is 5.89. The number of carbonyl (C=O) groups is 1. The van der Waals surface area contributed by atoms with Crippen molar-refractivity contribution in [3.8, 4) is 6.07 Å². The maximum Gasteiger partial charge on any atom is 0.337 e. The molecule has 1 aromatic carbocycles. The first-order chi connectivity index (χ1) is 6.60. The number of hydrogen-bond donors (Lipinski definition) is 2. The van der Waals surface area contributed by atoms with Crippen LogP contribution in [0.2, 0.25) is 5.02 Å². The number of halogens is 1. The molecule has 72 valence electrons. The second-order valence-electron chi connectivity index (χ2n) is 2.61. The smallest absolute Gasteiger partial charge is 0.337 e.